The molecule has 0 amide bonds. The molecule has 0 fully saturated rings. The van der Waals surface area contributed by atoms with Gasteiger partial charge in [0.25, 0.3) is 0 Å². The van der Waals surface area contributed by atoms with Crippen LogP contribution >= 0.6 is 31.9 Å². The van der Waals surface area contributed by atoms with Crippen molar-refractivity contribution in [2.75, 3.05) is 5.32 Å². The van der Waals surface area contributed by atoms with Gasteiger partial charge in [0.05, 0.1) is 0 Å². The SMILES string of the molecule is CC(C)c1ccc(NC(C)c2ccc(Br)cc2Br)cc1. The zero-order valence-electron chi connectivity index (χ0n) is 12.0. The zero-order chi connectivity index (χ0) is 14.7. The van der Waals surface area contributed by atoms with E-state index in [9.17, 15) is 0 Å². The van der Waals surface area contributed by atoms with Crippen LogP contribution < -0.4 is 5.32 Å². The van der Waals surface area contributed by atoms with Crippen molar-refractivity contribution in [3.63, 3.8) is 0 Å². The van der Waals surface area contributed by atoms with E-state index in [1.807, 2.05) is 0 Å². The van der Waals surface area contributed by atoms with Gasteiger partial charge in [-0.1, -0.05) is 63.9 Å². The molecular weight excluding hydrogens is 378 g/mol. The summed E-state index contributed by atoms with van der Waals surface area (Å²) in [4.78, 5) is 0. The second kappa shape index (κ2) is 6.77. The number of benzene rings is 2. The Kier molecular flexibility index (Phi) is 5.28. The summed E-state index contributed by atoms with van der Waals surface area (Å²) in [5.41, 5.74) is 3.77. The summed E-state index contributed by atoms with van der Waals surface area (Å²) in [7, 11) is 0. The van der Waals surface area contributed by atoms with Crippen molar-refractivity contribution in [2.45, 2.75) is 32.7 Å². The van der Waals surface area contributed by atoms with Crippen LogP contribution in [-0.4, -0.2) is 0 Å². The van der Waals surface area contributed by atoms with Gasteiger partial charge < -0.3 is 5.32 Å². The lowest BCUT2D eigenvalue weighted by Gasteiger charge is -2.18. The van der Waals surface area contributed by atoms with Gasteiger partial charge in [0.1, 0.15) is 0 Å². The summed E-state index contributed by atoms with van der Waals surface area (Å²) in [6.07, 6.45) is 0. The molecule has 1 atom stereocenters. The van der Waals surface area contributed by atoms with E-state index in [0.717, 1.165) is 14.6 Å². The molecule has 1 N–H and O–H groups in total. The van der Waals surface area contributed by atoms with E-state index < -0.39 is 0 Å². The highest BCUT2D eigenvalue weighted by atomic mass is 79.9. The summed E-state index contributed by atoms with van der Waals surface area (Å²) in [6.45, 7) is 6.60. The van der Waals surface area contributed by atoms with Gasteiger partial charge in [0.2, 0.25) is 0 Å². The Morgan fingerprint density at radius 1 is 0.900 bits per heavy atom. The molecule has 0 heterocycles. The maximum absolute atomic E-state index is 3.62. The molecule has 0 spiro atoms. The van der Waals surface area contributed by atoms with Crippen LogP contribution in [0.3, 0.4) is 0 Å². The van der Waals surface area contributed by atoms with Crippen LogP contribution in [0.25, 0.3) is 0 Å². The van der Waals surface area contributed by atoms with Crippen LogP contribution in [0.1, 0.15) is 43.9 Å². The molecule has 0 radical (unpaired) electrons. The molecule has 2 aromatic rings. The lowest BCUT2D eigenvalue weighted by atomic mass is 10.0. The predicted molar refractivity (Wildman–Crippen MR) is 94.4 cm³/mol. The van der Waals surface area contributed by atoms with Crippen molar-refractivity contribution in [1.29, 1.82) is 0 Å². The Morgan fingerprint density at radius 2 is 1.55 bits per heavy atom. The molecule has 2 aromatic carbocycles. The molecule has 20 heavy (non-hydrogen) atoms. The van der Waals surface area contributed by atoms with E-state index in [2.05, 4.69) is 100 Å². The summed E-state index contributed by atoms with van der Waals surface area (Å²) in [6, 6.07) is 15.2. The molecule has 0 aliphatic rings. The van der Waals surface area contributed by atoms with E-state index >= 15 is 0 Å². The Labute approximate surface area is 138 Å². The number of hydrogen-bond donors (Lipinski definition) is 1. The largest absolute Gasteiger partial charge is 0.378 e. The molecule has 0 aromatic heterocycles. The van der Waals surface area contributed by atoms with Crippen LogP contribution in [0.2, 0.25) is 0 Å². The molecule has 0 saturated carbocycles. The first kappa shape index (κ1) is 15.6. The van der Waals surface area contributed by atoms with Crippen LogP contribution in [0.4, 0.5) is 5.69 Å². The average Bonchev–Trinajstić information content (AvgIpc) is 2.39. The monoisotopic (exact) mass is 395 g/mol. The average molecular weight is 397 g/mol. The van der Waals surface area contributed by atoms with Crippen LogP contribution in [-0.2, 0) is 0 Å². The Bertz CT molecular complexity index is 576. The van der Waals surface area contributed by atoms with Gasteiger partial charge in [-0.25, -0.2) is 0 Å². The number of hydrogen-bond acceptors (Lipinski definition) is 1. The molecule has 1 unspecified atom stereocenters. The summed E-state index contributed by atoms with van der Waals surface area (Å²) >= 11 is 7.11. The van der Waals surface area contributed by atoms with Crippen molar-refractivity contribution in [3.05, 3.63) is 62.5 Å². The quantitative estimate of drug-likeness (QED) is 0.621. The first-order valence-electron chi connectivity index (χ1n) is 6.79. The summed E-state index contributed by atoms with van der Waals surface area (Å²) in [5.74, 6) is 0.571. The lowest BCUT2D eigenvalue weighted by molar-refractivity contribution is 0.861. The molecule has 0 aliphatic carbocycles. The van der Waals surface area contributed by atoms with Crippen LogP contribution in [0.5, 0.6) is 0 Å². The second-order valence-corrected chi connectivity index (χ2v) is 7.08. The van der Waals surface area contributed by atoms with Gasteiger partial charge >= 0.3 is 0 Å². The third kappa shape index (κ3) is 3.86. The van der Waals surface area contributed by atoms with Crippen molar-refractivity contribution in [2.24, 2.45) is 0 Å². The Morgan fingerprint density at radius 3 is 2.10 bits per heavy atom. The normalized spacial score (nSPS) is 12.5. The van der Waals surface area contributed by atoms with Crippen molar-refractivity contribution < 1.29 is 0 Å². The van der Waals surface area contributed by atoms with Crippen LogP contribution in [0, 0.1) is 0 Å². The van der Waals surface area contributed by atoms with Crippen LogP contribution in [0.15, 0.2) is 51.4 Å². The summed E-state index contributed by atoms with van der Waals surface area (Å²) in [5, 5.41) is 3.54. The Balaban J connectivity index is 2.12. The maximum atomic E-state index is 3.62. The first-order chi connectivity index (χ1) is 9.47. The highest BCUT2D eigenvalue weighted by molar-refractivity contribution is 9.11. The van der Waals surface area contributed by atoms with Gasteiger partial charge in [-0.2, -0.15) is 0 Å². The van der Waals surface area contributed by atoms with E-state index in [1.54, 1.807) is 0 Å². The van der Waals surface area contributed by atoms with E-state index in [1.165, 1.54) is 11.1 Å². The molecule has 3 heteroatoms. The molecule has 1 nitrogen and oxygen atoms in total. The standard InChI is InChI=1S/C17H19Br2N/c1-11(2)13-4-7-15(8-5-13)20-12(3)16-9-6-14(18)10-17(16)19/h4-12,20H,1-3H3. The smallest absolute Gasteiger partial charge is 0.0496 e. The van der Waals surface area contributed by atoms with Crippen molar-refractivity contribution >= 4 is 37.5 Å². The minimum atomic E-state index is 0.252. The van der Waals surface area contributed by atoms with E-state index in [0.29, 0.717) is 5.92 Å². The number of anilines is 1. The fraction of sp³-hybridized carbons (Fsp3) is 0.294. The van der Waals surface area contributed by atoms with Crippen molar-refractivity contribution in [3.8, 4) is 0 Å². The van der Waals surface area contributed by atoms with Gasteiger partial charge in [-0.15, -0.1) is 0 Å². The molecule has 0 aliphatic heterocycles. The number of rotatable bonds is 4. The minimum Gasteiger partial charge on any atom is -0.378 e. The van der Waals surface area contributed by atoms with Gasteiger partial charge in [0.15, 0.2) is 0 Å². The molecular formula is C17H19Br2N. The fourth-order valence-electron chi connectivity index (χ4n) is 2.14. The predicted octanol–water partition coefficient (Wildman–Crippen LogP) is 6.51. The maximum Gasteiger partial charge on any atom is 0.0496 e. The lowest BCUT2D eigenvalue weighted by Crippen LogP contribution is -2.07. The highest BCUT2D eigenvalue weighted by Gasteiger charge is 2.09. The Hall–Kier alpha value is -0.800. The third-order valence-electron chi connectivity index (χ3n) is 3.39. The summed E-state index contributed by atoms with van der Waals surface area (Å²) < 4.78 is 2.20. The molecule has 106 valence electrons. The van der Waals surface area contributed by atoms with E-state index in [-0.39, 0.29) is 6.04 Å². The third-order valence-corrected chi connectivity index (χ3v) is 4.57. The van der Waals surface area contributed by atoms with Gasteiger partial charge in [-0.3, -0.25) is 0 Å². The van der Waals surface area contributed by atoms with Crippen molar-refractivity contribution in [1.82, 2.24) is 0 Å². The van der Waals surface area contributed by atoms with E-state index in [4.69, 9.17) is 0 Å². The zero-order valence-corrected chi connectivity index (χ0v) is 15.1. The molecule has 0 bridgehead atoms. The van der Waals surface area contributed by atoms with Gasteiger partial charge in [0, 0.05) is 20.7 Å². The topological polar surface area (TPSA) is 12.0 Å². The number of nitrogens with one attached hydrogen (secondary N) is 1. The number of halogens is 2. The molecule has 2 rings (SSSR count). The highest BCUT2D eigenvalue weighted by Crippen LogP contribution is 2.29. The molecule has 0 saturated heterocycles. The first-order valence-corrected chi connectivity index (χ1v) is 8.37. The second-order valence-electron chi connectivity index (χ2n) is 5.31. The fourth-order valence-corrected chi connectivity index (χ4v) is 3.54. The van der Waals surface area contributed by atoms with Gasteiger partial charge in [-0.05, 0) is 48.2 Å². The minimum absolute atomic E-state index is 0.252.